The number of phenols is 1. The van der Waals surface area contributed by atoms with Crippen LogP contribution in [0.25, 0.3) is 0 Å². The molecule has 0 saturated carbocycles. The summed E-state index contributed by atoms with van der Waals surface area (Å²) in [7, 11) is 0. The Morgan fingerprint density at radius 3 is 2.16 bits per heavy atom. The van der Waals surface area contributed by atoms with Crippen LogP contribution in [0.5, 0.6) is 11.5 Å². The van der Waals surface area contributed by atoms with Gasteiger partial charge >= 0.3 is 0 Å². The summed E-state index contributed by atoms with van der Waals surface area (Å²) in [5.41, 5.74) is 3.09. The number of hydrogen-bond acceptors (Lipinski definition) is 2. The van der Waals surface area contributed by atoms with Crippen molar-refractivity contribution in [2.75, 3.05) is 0 Å². The largest absolute Gasteiger partial charge is 0.508 e. The molecule has 0 bridgehead atoms. The minimum atomic E-state index is -0.0856. The van der Waals surface area contributed by atoms with E-state index in [1.165, 1.54) is 38.5 Å². The molecule has 0 aliphatic carbocycles. The maximum absolute atomic E-state index is 10.1. The van der Waals surface area contributed by atoms with Gasteiger partial charge in [-0.2, -0.15) is 0 Å². The summed E-state index contributed by atoms with van der Waals surface area (Å²) >= 11 is 0. The highest BCUT2D eigenvalue weighted by atomic mass is 16.5. The summed E-state index contributed by atoms with van der Waals surface area (Å²) in [6, 6.07) is 1.89. The number of rotatable bonds is 13. The summed E-state index contributed by atoms with van der Waals surface area (Å²) in [5.74, 6) is 1.40. The van der Waals surface area contributed by atoms with Crippen molar-refractivity contribution in [1.82, 2.24) is 0 Å². The first-order valence-corrected chi connectivity index (χ1v) is 12.4. The molecule has 1 aromatic rings. The summed E-state index contributed by atoms with van der Waals surface area (Å²) in [6.07, 6.45) is 27.7. The number of ether oxygens (including phenoxy) is 1. The van der Waals surface area contributed by atoms with E-state index in [-0.39, 0.29) is 5.60 Å². The van der Waals surface area contributed by atoms with Crippen LogP contribution in [0.2, 0.25) is 0 Å². The molecule has 1 aromatic carbocycles. The van der Waals surface area contributed by atoms with Crippen LogP contribution in [0.4, 0.5) is 0 Å². The van der Waals surface area contributed by atoms with Gasteiger partial charge in [-0.1, -0.05) is 56.2 Å². The van der Waals surface area contributed by atoms with Crippen molar-refractivity contribution in [3.63, 3.8) is 0 Å². The number of phenolic OH excluding ortho intramolecular Hbond substituents is 1. The number of benzene rings is 1. The van der Waals surface area contributed by atoms with Gasteiger partial charge in [0, 0.05) is 0 Å². The fourth-order valence-corrected chi connectivity index (χ4v) is 4.19. The van der Waals surface area contributed by atoms with Gasteiger partial charge in [0.25, 0.3) is 0 Å². The molecule has 1 unspecified atom stereocenters. The zero-order valence-electron chi connectivity index (χ0n) is 20.4. The lowest BCUT2D eigenvalue weighted by Gasteiger charge is -2.37. The normalized spacial score (nSPS) is 18.8. The number of aryl methyl sites for hydroxylation is 1. The number of hydrogen-bond donors (Lipinski definition) is 1. The summed E-state index contributed by atoms with van der Waals surface area (Å²) in [4.78, 5) is 0. The Kier molecular flexibility index (Phi) is 11.0. The van der Waals surface area contributed by atoms with Crippen LogP contribution in [-0.2, 0) is 6.42 Å². The van der Waals surface area contributed by atoms with E-state index in [2.05, 4.69) is 57.2 Å². The third-order valence-corrected chi connectivity index (χ3v) is 6.51. The third-order valence-electron chi connectivity index (χ3n) is 6.51. The maximum Gasteiger partial charge on any atom is 0.126 e. The van der Waals surface area contributed by atoms with Gasteiger partial charge in [0.1, 0.15) is 17.1 Å². The van der Waals surface area contributed by atoms with Crippen LogP contribution in [0.1, 0.15) is 101 Å². The molecule has 1 atom stereocenters. The molecule has 0 aromatic heterocycles. The molecule has 2 rings (SSSR count). The molecule has 2 nitrogen and oxygen atoms in total. The van der Waals surface area contributed by atoms with E-state index in [1.54, 1.807) is 0 Å². The number of unbranched alkanes of at least 4 members (excludes halogenated alkanes) is 5. The van der Waals surface area contributed by atoms with Crippen LogP contribution >= 0.6 is 0 Å². The first-order valence-electron chi connectivity index (χ1n) is 12.4. The standard InChI is InChI=1S/C29H44O2/c1-5-6-7-8-9-10-11-12-13-14-15-16-17-18-19-21-29(4)22-20-26-23-27(30)24(2)25(3)28(26)31-29/h9-10,12-13,15-16,23,30H,5-8,11,14,17-22H2,1-4H3/b10-9-,13-12-,16-15-. The fraction of sp³-hybridized carbons (Fsp3) is 0.586. The van der Waals surface area contributed by atoms with Gasteiger partial charge in [-0.05, 0) is 108 Å². The van der Waals surface area contributed by atoms with Crippen molar-refractivity contribution >= 4 is 0 Å². The SMILES string of the molecule is CCCCC/C=C\C/C=C\C/C=C\CCCCC1(C)CCc2cc(O)c(C)c(C)c2O1. The van der Waals surface area contributed by atoms with Crippen LogP contribution in [0, 0.1) is 13.8 Å². The molecule has 0 fully saturated rings. The van der Waals surface area contributed by atoms with Gasteiger partial charge in [0.2, 0.25) is 0 Å². The number of fused-ring (bicyclic) bond motifs is 1. The Hall–Kier alpha value is -1.96. The quantitative estimate of drug-likeness (QED) is 0.253. The van der Waals surface area contributed by atoms with Crippen LogP contribution in [-0.4, -0.2) is 10.7 Å². The van der Waals surface area contributed by atoms with E-state index >= 15 is 0 Å². The molecule has 0 saturated heterocycles. The van der Waals surface area contributed by atoms with Crippen molar-refractivity contribution < 1.29 is 9.84 Å². The first kappa shape index (κ1) is 25.3. The smallest absolute Gasteiger partial charge is 0.126 e. The molecule has 2 heteroatoms. The van der Waals surface area contributed by atoms with E-state index in [9.17, 15) is 5.11 Å². The molecule has 1 N–H and O–H groups in total. The van der Waals surface area contributed by atoms with Crippen LogP contribution < -0.4 is 4.74 Å². The molecule has 1 heterocycles. The Balaban J connectivity index is 1.60. The molecular weight excluding hydrogens is 380 g/mol. The molecule has 31 heavy (non-hydrogen) atoms. The predicted octanol–water partition coefficient (Wildman–Crippen LogP) is 8.68. The van der Waals surface area contributed by atoms with E-state index in [1.807, 2.05) is 13.0 Å². The number of aromatic hydroxyl groups is 1. The monoisotopic (exact) mass is 424 g/mol. The molecule has 172 valence electrons. The lowest BCUT2D eigenvalue weighted by Crippen LogP contribution is -2.36. The van der Waals surface area contributed by atoms with E-state index in [4.69, 9.17) is 4.74 Å². The molecule has 0 radical (unpaired) electrons. The average molecular weight is 425 g/mol. The minimum absolute atomic E-state index is 0.0856. The van der Waals surface area contributed by atoms with E-state index < -0.39 is 0 Å². The van der Waals surface area contributed by atoms with Crippen molar-refractivity contribution in [3.05, 3.63) is 59.2 Å². The Bertz CT molecular complexity index is 756. The molecule has 1 aliphatic rings. The summed E-state index contributed by atoms with van der Waals surface area (Å²) < 4.78 is 6.46. The second-order valence-electron chi connectivity index (χ2n) is 9.31. The van der Waals surface area contributed by atoms with Crippen LogP contribution in [0.15, 0.2) is 42.5 Å². The average Bonchev–Trinajstić information content (AvgIpc) is 2.76. The van der Waals surface area contributed by atoms with Gasteiger partial charge in [-0.15, -0.1) is 0 Å². The third kappa shape index (κ3) is 8.59. The highest BCUT2D eigenvalue weighted by Crippen LogP contribution is 2.41. The summed E-state index contributed by atoms with van der Waals surface area (Å²) in [5, 5.41) is 10.1. The Morgan fingerprint density at radius 1 is 0.903 bits per heavy atom. The summed E-state index contributed by atoms with van der Waals surface area (Å²) in [6.45, 7) is 8.52. The zero-order valence-corrected chi connectivity index (χ0v) is 20.4. The fourth-order valence-electron chi connectivity index (χ4n) is 4.19. The van der Waals surface area contributed by atoms with Gasteiger partial charge in [-0.25, -0.2) is 0 Å². The topological polar surface area (TPSA) is 29.5 Å². The van der Waals surface area contributed by atoms with E-state index in [0.717, 1.165) is 61.0 Å². The molecule has 1 aliphatic heterocycles. The van der Waals surface area contributed by atoms with Gasteiger partial charge in [0.15, 0.2) is 0 Å². The first-order chi connectivity index (χ1) is 15.0. The highest BCUT2D eigenvalue weighted by Gasteiger charge is 2.32. The van der Waals surface area contributed by atoms with Crippen molar-refractivity contribution in [1.29, 1.82) is 0 Å². The van der Waals surface area contributed by atoms with Crippen molar-refractivity contribution in [3.8, 4) is 11.5 Å². The predicted molar refractivity (Wildman–Crippen MR) is 134 cm³/mol. The van der Waals surface area contributed by atoms with E-state index in [0.29, 0.717) is 5.75 Å². The van der Waals surface area contributed by atoms with Gasteiger partial charge < -0.3 is 9.84 Å². The zero-order chi connectivity index (χ0) is 22.5. The molecule has 0 amide bonds. The van der Waals surface area contributed by atoms with Gasteiger partial charge in [0.05, 0.1) is 0 Å². The van der Waals surface area contributed by atoms with Crippen molar-refractivity contribution in [2.45, 2.75) is 110 Å². The van der Waals surface area contributed by atoms with Crippen molar-refractivity contribution in [2.24, 2.45) is 0 Å². The molecule has 0 spiro atoms. The number of allylic oxidation sites excluding steroid dienone is 6. The minimum Gasteiger partial charge on any atom is -0.508 e. The maximum atomic E-state index is 10.1. The lowest BCUT2D eigenvalue weighted by atomic mass is 9.86. The van der Waals surface area contributed by atoms with Gasteiger partial charge in [-0.3, -0.25) is 0 Å². The molecular formula is C29H44O2. The second kappa shape index (κ2) is 13.5. The second-order valence-corrected chi connectivity index (χ2v) is 9.31. The van der Waals surface area contributed by atoms with Crippen LogP contribution in [0.3, 0.4) is 0 Å². The Labute approximate surface area is 191 Å². The Morgan fingerprint density at radius 2 is 1.52 bits per heavy atom. The highest BCUT2D eigenvalue weighted by molar-refractivity contribution is 5.53. The lowest BCUT2D eigenvalue weighted by molar-refractivity contribution is 0.0526.